The zero-order valence-electron chi connectivity index (χ0n) is 15.4. The summed E-state index contributed by atoms with van der Waals surface area (Å²) in [5.41, 5.74) is 1.06. The molecular formula is C19H22N2O5S. The number of esters is 1. The SMILES string of the molecule is CCOC(=O)c1cccc(NC(=O)C(C)N(c2ccccc2)S(C)(=O)=O)c1. The summed E-state index contributed by atoms with van der Waals surface area (Å²) in [6, 6.07) is 13.7. The van der Waals surface area contributed by atoms with Crippen LogP contribution < -0.4 is 9.62 Å². The van der Waals surface area contributed by atoms with E-state index in [1.54, 1.807) is 55.5 Å². The Morgan fingerprint density at radius 1 is 1.11 bits per heavy atom. The summed E-state index contributed by atoms with van der Waals surface area (Å²) in [4.78, 5) is 24.5. The van der Waals surface area contributed by atoms with E-state index in [0.29, 0.717) is 16.9 Å². The van der Waals surface area contributed by atoms with Crippen LogP contribution in [0.15, 0.2) is 54.6 Å². The van der Waals surface area contributed by atoms with E-state index in [9.17, 15) is 18.0 Å². The zero-order valence-corrected chi connectivity index (χ0v) is 16.2. The highest BCUT2D eigenvalue weighted by Gasteiger charge is 2.29. The van der Waals surface area contributed by atoms with Gasteiger partial charge in [-0.1, -0.05) is 24.3 Å². The van der Waals surface area contributed by atoms with Crippen LogP contribution in [0.2, 0.25) is 0 Å². The number of nitrogens with zero attached hydrogens (tertiary/aromatic N) is 1. The predicted molar refractivity (Wildman–Crippen MR) is 104 cm³/mol. The molecule has 0 bridgehead atoms. The number of carbonyl (C=O) groups is 2. The maximum atomic E-state index is 12.6. The zero-order chi connectivity index (χ0) is 20.0. The first-order chi connectivity index (χ1) is 12.7. The van der Waals surface area contributed by atoms with Crippen molar-refractivity contribution in [1.82, 2.24) is 0 Å². The Morgan fingerprint density at radius 3 is 2.37 bits per heavy atom. The number of amides is 1. The molecule has 0 aliphatic heterocycles. The first kappa shape index (κ1) is 20.4. The van der Waals surface area contributed by atoms with Gasteiger partial charge in [-0.3, -0.25) is 9.10 Å². The fourth-order valence-electron chi connectivity index (χ4n) is 2.57. The molecule has 0 aliphatic rings. The summed E-state index contributed by atoms with van der Waals surface area (Å²) in [7, 11) is -3.69. The summed E-state index contributed by atoms with van der Waals surface area (Å²) in [5.74, 6) is -1.02. The number of benzene rings is 2. The lowest BCUT2D eigenvalue weighted by molar-refractivity contribution is -0.116. The Bertz CT molecular complexity index is 913. The van der Waals surface area contributed by atoms with Crippen LogP contribution in [0.1, 0.15) is 24.2 Å². The topological polar surface area (TPSA) is 92.8 Å². The van der Waals surface area contributed by atoms with Crippen LogP contribution in [0.25, 0.3) is 0 Å². The molecule has 144 valence electrons. The number of sulfonamides is 1. The van der Waals surface area contributed by atoms with Crippen molar-refractivity contribution in [2.75, 3.05) is 22.5 Å². The van der Waals surface area contributed by atoms with Crippen LogP contribution >= 0.6 is 0 Å². The van der Waals surface area contributed by atoms with Gasteiger partial charge in [0, 0.05) is 5.69 Å². The minimum absolute atomic E-state index is 0.243. The molecule has 2 rings (SSSR count). The second kappa shape index (κ2) is 8.68. The molecule has 0 aromatic heterocycles. The van der Waals surface area contributed by atoms with E-state index < -0.39 is 27.9 Å². The van der Waals surface area contributed by atoms with Crippen LogP contribution in [-0.4, -0.2) is 39.2 Å². The predicted octanol–water partition coefficient (Wildman–Crippen LogP) is 2.66. The number of ether oxygens (including phenoxy) is 1. The molecule has 0 aliphatic carbocycles. The fourth-order valence-corrected chi connectivity index (χ4v) is 3.74. The second-order valence-corrected chi connectivity index (χ2v) is 7.72. The Balaban J connectivity index is 2.23. The number of hydrogen-bond donors (Lipinski definition) is 1. The third-order valence-electron chi connectivity index (χ3n) is 3.74. The average molecular weight is 390 g/mol. The van der Waals surface area contributed by atoms with E-state index in [-0.39, 0.29) is 6.61 Å². The third-order valence-corrected chi connectivity index (χ3v) is 4.98. The molecule has 0 radical (unpaired) electrons. The van der Waals surface area contributed by atoms with Gasteiger partial charge in [0.25, 0.3) is 0 Å². The number of hydrogen-bond acceptors (Lipinski definition) is 5. The number of para-hydroxylation sites is 1. The molecule has 27 heavy (non-hydrogen) atoms. The van der Waals surface area contributed by atoms with Crippen molar-refractivity contribution in [1.29, 1.82) is 0 Å². The highest BCUT2D eigenvalue weighted by Crippen LogP contribution is 2.21. The monoisotopic (exact) mass is 390 g/mol. The fraction of sp³-hybridized carbons (Fsp3) is 0.263. The molecule has 2 aromatic rings. The normalized spacial score (nSPS) is 12.1. The largest absolute Gasteiger partial charge is 0.462 e. The van der Waals surface area contributed by atoms with Crippen LogP contribution in [0.5, 0.6) is 0 Å². The van der Waals surface area contributed by atoms with E-state index in [2.05, 4.69) is 5.32 Å². The van der Waals surface area contributed by atoms with Crippen molar-refractivity contribution in [2.24, 2.45) is 0 Å². The summed E-state index contributed by atoms with van der Waals surface area (Å²) >= 11 is 0. The van der Waals surface area contributed by atoms with Crippen LogP contribution in [0, 0.1) is 0 Å². The highest BCUT2D eigenvalue weighted by atomic mass is 32.2. The van der Waals surface area contributed by atoms with Gasteiger partial charge in [0.15, 0.2) is 0 Å². The number of anilines is 2. The van der Waals surface area contributed by atoms with Gasteiger partial charge in [-0.2, -0.15) is 0 Å². The second-order valence-electron chi connectivity index (χ2n) is 5.86. The average Bonchev–Trinajstić information content (AvgIpc) is 2.62. The molecule has 0 spiro atoms. The lowest BCUT2D eigenvalue weighted by Crippen LogP contribution is -2.45. The number of rotatable bonds is 7. The van der Waals surface area contributed by atoms with E-state index in [4.69, 9.17) is 4.74 Å². The smallest absolute Gasteiger partial charge is 0.338 e. The van der Waals surface area contributed by atoms with Crippen molar-refractivity contribution in [2.45, 2.75) is 19.9 Å². The minimum atomic E-state index is -3.69. The molecule has 2 aromatic carbocycles. The van der Waals surface area contributed by atoms with E-state index in [0.717, 1.165) is 10.6 Å². The van der Waals surface area contributed by atoms with Gasteiger partial charge in [0.1, 0.15) is 6.04 Å². The molecule has 0 heterocycles. The van der Waals surface area contributed by atoms with Crippen molar-refractivity contribution in [3.63, 3.8) is 0 Å². The van der Waals surface area contributed by atoms with E-state index in [1.807, 2.05) is 0 Å². The van der Waals surface area contributed by atoms with Gasteiger partial charge in [-0.25, -0.2) is 13.2 Å². The Labute approximate surface area is 159 Å². The van der Waals surface area contributed by atoms with Gasteiger partial charge in [-0.15, -0.1) is 0 Å². The van der Waals surface area contributed by atoms with Crippen LogP contribution in [0.4, 0.5) is 11.4 Å². The van der Waals surface area contributed by atoms with Gasteiger partial charge in [-0.05, 0) is 44.2 Å². The number of nitrogens with one attached hydrogen (secondary N) is 1. The molecule has 0 saturated heterocycles. The highest BCUT2D eigenvalue weighted by molar-refractivity contribution is 7.92. The molecule has 8 heteroatoms. The van der Waals surface area contributed by atoms with Crippen molar-refractivity contribution >= 4 is 33.3 Å². The first-order valence-electron chi connectivity index (χ1n) is 8.36. The van der Waals surface area contributed by atoms with E-state index >= 15 is 0 Å². The van der Waals surface area contributed by atoms with Crippen LogP contribution in [0.3, 0.4) is 0 Å². The Kier molecular flexibility index (Phi) is 6.57. The Hall–Kier alpha value is -2.87. The minimum Gasteiger partial charge on any atom is -0.462 e. The lowest BCUT2D eigenvalue weighted by Gasteiger charge is -2.28. The summed E-state index contributed by atoms with van der Waals surface area (Å²) < 4.78 is 30.5. The summed E-state index contributed by atoms with van der Waals surface area (Å²) in [6.07, 6.45) is 1.05. The van der Waals surface area contributed by atoms with Gasteiger partial charge < -0.3 is 10.1 Å². The molecule has 1 N–H and O–H groups in total. The van der Waals surface area contributed by atoms with E-state index in [1.165, 1.54) is 13.0 Å². The maximum absolute atomic E-state index is 12.6. The molecule has 1 atom stereocenters. The third kappa shape index (κ3) is 5.30. The van der Waals surface area contributed by atoms with Crippen molar-refractivity contribution < 1.29 is 22.7 Å². The van der Waals surface area contributed by atoms with Gasteiger partial charge >= 0.3 is 5.97 Å². The molecule has 0 saturated carbocycles. The van der Waals surface area contributed by atoms with Gasteiger partial charge in [0.2, 0.25) is 15.9 Å². The molecule has 7 nitrogen and oxygen atoms in total. The first-order valence-corrected chi connectivity index (χ1v) is 10.2. The summed E-state index contributed by atoms with van der Waals surface area (Å²) in [5, 5.41) is 2.65. The Morgan fingerprint density at radius 2 is 1.78 bits per heavy atom. The molecule has 1 unspecified atom stereocenters. The molecular weight excluding hydrogens is 368 g/mol. The molecule has 0 fully saturated rings. The lowest BCUT2D eigenvalue weighted by atomic mass is 10.2. The standard InChI is InChI=1S/C19H22N2O5S/c1-4-26-19(23)15-9-8-10-16(13-15)20-18(22)14(2)21(27(3,24)25)17-11-6-5-7-12-17/h5-14H,4H2,1-3H3,(H,20,22). The molecule has 1 amide bonds. The quantitative estimate of drug-likeness (QED) is 0.734. The van der Waals surface area contributed by atoms with Crippen molar-refractivity contribution in [3.8, 4) is 0 Å². The van der Waals surface area contributed by atoms with Crippen molar-refractivity contribution in [3.05, 3.63) is 60.2 Å². The maximum Gasteiger partial charge on any atom is 0.338 e. The van der Waals surface area contributed by atoms with Gasteiger partial charge in [0.05, 0.1) is 24.1 Å². The number of carbonyl (C=O) groups excluding carboxylic acids is 2. The summed E-state index contributed by atoms with van der Waals surface area (Å²) in [6.45, 7) is 3.44. The van der Waals surface area contributed by atoms with Crippen LogP contribution in [-0.2, 0) is 19.6 Å².